The molecule has 0 aliphatic carbocycles. The topological polar surface area (TPSA) is 35.5 Å². The van der Waals surface area contributed by atoms with Crippen molar-refractivity contribution in [1.82, 2.24) is 0 Å². The van der Waals surface area contributed by atoms with Gasteiger partial charge in [-0.3, -0.25) is 4.79 Å². The molecule has 0 spiro atoms. The summed E-state index contributed by atoms with van der Waals surface area (Å²) in [7, 11) is -0.0828. The molecule has 0 N–H and O–H groups in total. The van der Waals surface area contributed by atoms with E-state index in [0.717, 1.165) is 11.3 Å². The highest BCUT2D eigenvalue weighted by Gasteiger charge is 2.18. The maximum atomic E-state index is 10.7. The Morgan fingerprint density at radius 1 is 1.28 bits per heavy atom. The van der Waals surface area contributed by atoms with Gasteiger partial charge in [0.1, 0.15) is 5.75 Å². The molecule has 0 unspecified atom stereocenters. The molecule has 98 valence electrons. The predicted molar refractivity (Wildman–Crippen MR) is 76.9 cm³/mol. The van der Waals surface area contributed by atoms with Gasteiger partial charge in [0.15, 0.2) is 5.75 Å². The molecule has 1 aromatic carbocycles. The standard InChI is InChI=1S/C13H17ClO3Si/c1-16-12-9-10(6-8-13(14)15)5-7-11(12)17-18(2,3)4/h5-9H,1-4H3/b8-6+. The van der Waals surface area contributed by atoms with Gasteiger partial charge >= 0.3 is 0 Å². The van der Waals surface area contributed by atoms with Crippen LogP contribution in [0.4, 0.5) is 0 Å². The maximum absolute atomic E-state index is 10.7. The Labute approximate surface area is 113 Å². The van der Waals surface area contributed by atoms with E-state index in [4.69, 9.17) is 20.8 Å². The zero-order valence-corrected chi connectivity index (χ0v) is 12.7. The fraction of sp³-hybridized carbons (Fsp3) is 0.308. The summed E-state index contributed by atoms with van der Waals surface area (Å²) >= 11 is 5.24. The number of halogens is 1. The first-order valence-electron chi connectivity index (χ1n) is 5.56. The molecule has 5 heteroatoms. The molecular weight excluding hydrogens is 268 g/mol. The summed E-state index contributed by atoms with van der Waals surface area (Å²) in [6.45, 7) is 6.31. The van der Waals surface area contributed by atoms with Crippen LogP contribution in [0.1, 0.15) is 5.56 Å². The zero-order chi connectivity index (χ0) is 13.8. The summed E-state index contributed by atoms with van der Waals surface area (Å²) in [6.07, 6.45) is 2.94. The SMILES string of the molecule is COc1cc(/C=C/C(=O)Cl)ccc1O[Si](C)(C)C. The van der Waals surface area contributed by atoms with Crippen molar-refractivity contribution in [3.63, 3.8) is 0 Å². The lowest BCUT2D eigenvalue weighted by Crippen LogP contribution is -2.29. The molecule has 1 rings (SSSR count). The molecule has 3 nitrogen and oxygen atoms in total. The fourth-order valence-corrected chi connectivity index (χ4v) is 2.26. The van der Waals surface area contributed by atoms with Gasteiger partial charge in [0.25, 0.3) is 0 Å². The van der Waals surface area contributed by atoms with Crippen molar-refractivity contribution in [1.29, 1.82) is 0 Å². The van der Waals surface area contributed by atoms with Gasteiger partial charge in [-0.2, -0.15) is 0 Å². The summed E-state index contributed by atoms with van der Waals surface area (Å²) < 4.78 is 11.2. The quantitative estimate of drug-likeness (QED) is 0.470. The Morgan fingerprint density at radius 2 is 1.94 bits per heavy atom. The fourth-order valence-electron chi connectivity index (χ4n) is 1.36. The Morgan fingerprint density at radius 3 is 2.44 bits per heavy atom. The summed E-state index contributed by atoms with van der Waals surface area (Å²) in [6, 6.07) is 5.51. The molecule has 0 aromatic heterocycles. The number of ether oxygens (including phenoxy) is 1. The number of carbonyl (C=O) groups is 1. The van der Waals surface area contributed by atoms with E-state index < -0.39 is 13.6 Å². The minimum atomic E-state index is -1.67. The number of hydrogen-bond donors (Lipinski definition) is 0. The van der Waals surface area contributed by atoms with Gasteiger partial charge in [-0.15, -0.1) is 0 Å². The average molecular weight is 285 g/mol. The van der Waals surface area contributed by atoms with Gasteiger partial charge in [-0.25, -0.2) is 0 Å². The second-order valence-corrected chi connectivity index (χ2v) is 9.56. The minimum absolute atomic E-state index is 0.503. The highest BCUT2D eigenvalue weighted by atomic mass is 35.5. The molecule has 0 aliphatic heterocycles. The van der Waals surface area contributed by atoms with Crippen molar-refractivity contribution in [2.45, 2.75) is 19.6 Å². The monoisotopic (exact) mass is 284 g/mol. The van der Waals surface area contributed by atoms with E-state index >= 15 is 0 Å². The first kappa shape index (κ1) is 14.8. The van der Waals surface area contributed by atoms with Crippen molar-refractivity contribution in [2.75, 3.05) is 7.11 Å². The molecule has 0 heterocycles. The Kier molecular flexibility index (Phi) is 4.99. The average Bonchev–Trinajstić information content (AvgIpc) is 2.25. The lowest BCUT2D eigenvalue weighted by molar-refractivity contribution is -0.107. The number of rotatable bonds is 5. The molecule has 0 aliphatic rings. The van der Waals surface area contributed by atoms with Crippen LogP contribution in [0.3, 0.4) is 0 Å². The van der Waals surface area contributed by atoms with E-state index in [0.29, 0.717) is 5.75 Å². The molecule has 0 saturated heterocycles. The van der Waals surface area contributed by atoms with E-state index in [9.17, 15) is 4.79 Å². The van der Waals surface area contributed by atoms with Crippen molar-refractivity contribution in [3.05, 3.63) is 29.8 Å². The molecular formula is C13H17ClO3Si. The molecule has 0 radical (unpaired) electrons. The van der Waals surface area contributed by atoms with Gasteiger partial charge in [0.2, 0.25) is 13.6 Å². The lowest BCUT2D eigenvalue weighted by Gasteiger charge is -2.21. The van der Waals surface area contributed by atoms with Crippen LogP contribution in [0, 0.1) is 0 Å². The van der Waals surface area contributed by atoms with Gasteiger partial charge < -0.3 is 9.16 Å². The predicted octanol–water partition coefficient (Wildman–Crippen LogP) is 3.69. The number of methoxy groups -OCH3 is 1. The first-order chi connectivity index (χ1) is 8.31. The minimum Gasteiger partial charge on any atom is -0.542 e. The third kappa shape index (κ3) is 4.94. The van der Waals surface area contributed by atoms with E-state index in [1.165, 1.54) is 6.08 Å². The van der Waals surface area contributed by atoms with Crippen LogP contribution in [-0.2, 0) is 4.79 Å². The summed E-state index contributed by atoms with van der Waals surface area (Å²) in [5.74, 6) is 1.38. The smallest absolute Gasteiger partial charge is 0.245 e. The second-order valence-electron chi connectivity index (χ2n) is 4.76. The van der Waals surface area contributed by atoms with Crippen LogP contribution < -0.4 is 9.16 Å². The number of hydrogen-bond acceptors (Lipinski definition) is 3. The van der Waals surface area contributed by atoms with Crippen LogP contribution in [0.5, 0.6) is 11.5 Å². The largest absolute Gasteiger partial charge is 0.542 e. The van der Waals surface area contributed by atoms with Gasteiger partial charge in [0, 0.05) is 0 Å². The summed E-state index contributed by atoms with van der Waals surface area (Å²) in [5, 5.41) is -0.503. The third-order valence-corrected chi connectivity index (χ3v) is 2.97. The lowest BCUT2D eigenvalue weighted by atomic mass is 10.2. The number of carbonyl (C=O) groups excluding carboxylic acids is 1. The molecule has 0 bridgehead atoms. The second kappa shape index (κ2) is 6.07. The summed E-state index contributed by atoms with van der Waals surface area (Å²) in [4.78, 5) is 10.7. The highest BCUT2D eigenvalue weighted by Crippen LogP contribution is 2.30. The van der Waals surface area contributed by atoms with Crippen LogP contribution in [-0.4, -0.2) is 20.7 Å². The maximum Gasteiger partial charge on any atom is 0.245 e. The molecule has 0 fully saturated rings. The van der Waals surface area contributed by atoms with Gasteiger partial charge in [-0.1, -0.05) is 12.1 Å². The van der Waals surface area contributed by atoms with Crippen molar-refractivity contribution < 1.29 is 14.0 Å². The molecule has 0 saturated carbocycles. The normalized spacial score (nSPS) is 11.6. The van der Waals surface area contributed by atoms with Gasteiger partial charge in [0.05, 0.1) is 7.11 Å². The van der Waals surface area contributed by atoms with Gasteiger partial charge in [-0.05, 0) is 55.0 Å². The highest BCUT2D eigenvalue weighted by molar-refractivity contribution is 6.70. The van der Waals surface area contributed by atoms with Crippen LogP contribution in [0.25, 0.3) is 6.08 Å². The van der Waals surface area contributed by atoms with Crippen LogP contribution in [0.15, 0.2) is 24.3 Å². The van der Waals surface area contributed by atoms with Crippen LogP contribution in [0.2, 0.25) is 19.6 Å². The molecule has 1 aromatic rings. The van der Waals surface area contributed by atoms with E-state index in [-0.39, 0.29) is 0 Å². The van der Waals surface area contributed by atoms with E-state index in [2.05, 4.69) is 19.6 Å². The first-order valence-corrected chi connectivity index (χ1v) is 9.35. The van der Waals surface area contributed by atoms with Crippen molar-refractivity contribution in [2.24, 2.45) is 0 Å². The van der Waals surface area contributed by atoms with Crippen molar-refractivity contribution >= 4 is 31.2 Å². The molecule has 0 atom stereocenters. The zero-order valence-electron chi connectivity index (χ0n) is 11.0. The Hall–Kier alpha value is -1.26. The van der Waals surface area contributed by atoms with Crippen LogP contribution >= 0.6 is 11.6 Å². The molecule has 18 heavy (non-hydrogen) atoms. The third-order valence-electron chi connectivity index (χ3n) is 2.01. The van der Waals surface area contributed by atoms with E-state index in [1.54, 1.807) is 13.2 Å². The Balaban J connectivity index is 3.00. The number of allylic oxidation sites excluding steroid dienone is 1. The number of benzene rings is 1. The van der Waals surface area contributed by atoms with E-state index in [1.807, 2.05) is 18.2 Å². The Bertz CT molecular complexity index is 464. The molecule has 0 amide bonds. The summed E-state index contributed by atoms with van der Waals surface area (Å²) in [5.41, 5.74) is 0.837. The van der Waals surface area contributed by atoms with Crippen molar-refractivity contribution in [3.8, 4) is 11.5 Å².